The van der Waals surface area contributed by atoms with Gasteiger partial charge < -0.3 is 10.2 Å². The van der Waals surface area contributed by atoms with E-state index < -0.39 is 0 Å². The second kappa shape index (κ2) is 4.23. The fraction of sp³-hybridized carbons (Fsp3) is 0.364. The Bertz CT molecular complexity index is 479. The van der Waals surface area contributed by atoms with E-state index in [9.17, 15) is 0 Å². The van der Waals surface area contributed by atoms with Gasteiger partial charge in [0.05, 0.1) is 4.47 Å². The zero-order valence-electron chi connectivity index (χ0n) is 8.59. The number of halogens is 1. The van der Waals surface area contributed by atoms with Crippen molar-refractivity contribution in [2.24, 2.45) is 0 Å². The summed E-state index contributed by atoms with van der Waals surface area (Å²) in [6, 6.07) is 4.33. The highest BCUT2D eigenvalue weighted by molar-refractivity contribution is 9.10. The molecule has 0 saturated heterocycles. The van der Waals surface area contributed by atoms with E-state index in [-0.39, 0.29) is 6.01 Å². The Kier molecular flexibility index (Phi) is 2.95. The lowest BCUT2D eigenvalue weighted by molar-refractivity contribution is 0.624. The molecular formula is C11H13BrN2O. The van der Waals surface area contributed by atoms with E-state index >= 15 is 0 Å². The van der Waals surface area contributed by atoms with Crippen LogP contribution < -0.4 is 5.73 Å². The third kappa shape index (κ3) is 2.15. The second-order valence-electron chi connectivity index (χ2n) is 3.58. The van der Waals surface area contributed by atoms with Crippen molar-refractivity contribution in [3.63, 3.8) is 0 Å². The maximum absolute atomic E-state index is 5.51. The van der Waals surface area contributed by atoms with Crippen LogP contribution in [0.25, 0.3) is 11.1 Å². The van der Waals surface area contributed by atoms with Crippen LogP contribution in [0.2, 0.25) is 0 Å². The molecule has 2 aromatic rings. The number of nitrogens with zero attached hydrogens (tertiary/aromatic N) is 1. The highest BCUT2D eigenvalue weighted by atomic mass is 79.9. The molecule has 2 rings (SSSR count). The summed E-state index contributed by atoms with van der Waals surface area (Å²) in [5, 5.41) is 0. The molecule has 0 unspecified atom stereocenters. The summed E-state index contributed by atoms with van der Waals surface area (Å²) in [4.78, 5) is 4.12. The predicted octanol–water partition coefficient (Wildman–Crippen LogP) is 3.52. The zero-order valence-corrected chi connectivity index (χ0v) is 10.2. The van der Waals surface area contributed by atoms with Crippen LogP contribution in [0.4, 0.5) is 6.01 Å². The summed E-state index contributed by atoms with van der Waals surface area (Å²) >= 11 is 3.46. The first kappa shape index (κ1) is 10.5. The highest BCUT2D eigenvalue weighted by Gasteiger charge is 2.08. The molecule has 0 aliphatic heterocycles. The summed E-state index contributed by atoms with van der Waals surface area (Å²) in [6.07, 6.45) is 3.44. The SMILES string of the molecule is CCCCc1cc(Br)c2oc(N)nc2c1. The summed E-state index contributed by atoms with van der Waals surface area (Å²) < 4.78 is 6.20. The summed E-state index contributed by atoms with van der Waals surface area (Å²) in [6.45, 7) is 2.18. The largest absolute Gasteiger partial charge is 0.422 e. The standard InChI is InChI=1S/C11H13BrN2O/c1-2-3-4-7-5-8(12)10-9(6-7)14-11(13)15-10/h5-6H,2-4H2,1H3,(H2,13,14). The third-order valence-corrected chi connectivity index (χ3v) is 2.93. The zero-order chi connectivity index (χ0) is 10.8. The average Bonchev–Trinajstić information content (AvgIpc) is 2.56. The summed E-state index contributed by atoms with van der Waals surface area (Å²) in [5.74, 6) is 0. The van der Waals surface area contributed by atoms with Gasteiger partial charge in [-0.1, -0.05) is 13.3 Å². The molecule has 0 atom stereocenters. The Labute approximate surface area is 96.8 Å². The van der Waals surface area contributed by atoms with E-state index in [4.69, 9.17) is 10.2 Å². The fourth-order valence-corrected chi connectivity index (χ4v) is 2.17. The molecular weight excluding hydrogens is 256 g/mol. The fourth-order valence-electron chi connectivity index (χ4n) is 1.59. The third-order valence-electron chi connectivity index (χ3n) is 2.34. The monoisotopic (exact) mass is 268 g/mol. The molecule has 80 valence electrons. The molecule has 0 fully saturated rings. The minimum Gasteiger partial charge on any atom is -0.422 e. The Morgan fingerprint density at radius 2 is 2.27 bits per heavy atom. The number of anilines is 1. The van der Waals surface area contributed by atoms with Gasteiger partial charge in [0.2, 0.25) is 0 Å². The van der Waals surface area contributed by atoms with Crippen molar-refractivity contribution in [1.82, 2.24) is 4.98 Å². The van der Waals surface area contributed by atoms with E-state index in [1.54, 1.807) is 0 Å². The smallest absolute Gasteiger partial charge is 0.293 e. The van der Waals surface area contributed by atoms with E-state index in [1.165, 1.54) is 18.4 Å². The quantitative estimate of drug-likeness (QED) is 0.927. The molecule has 4 heteroatoms. The van der Waals surface area contributed by atoms with E-state index in [0.717, 1.165) is 22.0 Å². The van der Waals surface area contributed by atoms with Crippen LogP contribution in [0.5, 0.6) is 0 Å². The molecule has 0 saturated carbocycles. The molecule has 1 aromatic heterocycles. The van der Waals surface area contributed by atoms with Crippen LogP contribution >= 0.6 is 15.9 Å². The van der Waals surface area contributed by atoms with Crippen molar-refractivity contribution >= 4 is 33.0 Å². The number of hydrogen-bond acceptors (Lipinski definition) is 3. The van der Waals surface area contributed by atoms with Crippen LogP contribution in [0.1, 0.15) is 25.3 Å². The molecule has 0 aliphatic carbocycles. The number of hydrogen-bond donors (Lipinski definition) is 1. The first-order chi connectivity index (χ1) is 7.20. The van der Waals surface area contributed by atoms with Crippen LogP contribution in [0.15, 0.2) is 21.0 Å². The Morgan fingerprint density at radius 1 is 1.47 bits per heavy atom. The van der Waals surface area contributed by atoms with Crippen molar-refractivity contribution in [3.05, 3.63) is 22.2 Å². The molecule has 0 aliphatic rings. The number of rotatable bonds is 3. The lowest BCUT2D eigenvalue weighted by atomic mass is 10.1. The molecule has 1 aromatic carbocycles. The van der Waals surface area contributed by atoms with Crippen molar-refractivity contribution in [2.45, 2.75) is 26.2 Å². The Balaban J connectivity index is 2.42. The van der Waals surface area contributed by atoms with E-state index in [0.29, 0.717) is 0 Å². The maximum Gasteiger partial charge on any atom is 0.293 e. The lowest BCUT2D eigenvalue weighted by Gasteiger charge is -2.00. The lowest BCUT2D eigenvalue weighted by Crippen LogP contribution is -1.85. The molecule has 2 N–H and O–H groups in total. The van der Waals surface area contributed by atoms with Gasteiger partial charge in [0.1, 0.15) is 5.52 Å². The Morgan fingerprint density at radius 3 is 3.00 bits per heavy atom. The number of aromatic nitrogens is 1. The van der Waals surface area contributed by atoms with Crippen LogP contribution in [0.3, 0.4) is 0 Å². The molecule has 0 amide bonds. The highest BCUT2D eigenvalue weighted by Crippen LogP contribution is 2.27. The molecule has 0 radical (unpaired) electrons. The number of fused-ring (bicyclic) bond motifs is 1. The van der Waals surface area contributed by atoms with Gasteiger partial charge in [0, 0.05) is 0 Å². The number of nitrogen functional groups attached to an aromatic ring is 1. The molecule has 1 heterocycles. The minimum atomic E-state index is 0.221. The van der Waals surface area contributed by atoms with Gasteiger partial charge in [-0.3, -0.25) is 0 Å². The van der Waals surface area contributed by atoms with Gasteiger partial charge >= 0.3 is 0 Å². The second-order valence-corrected chi connectivity index (χ2v) is 4.44. The molecule has 0 bridgehead atoms. The number of unbranched alkanes of at least 4 members (excludes halogenated alkanes) is 1. The maximum atomic E-state index is 5.51. The van der Waals surface area contributed by atoms with E-state index in [2.05, 4.69) is 33.9 Å². The van der Waals surface area contributed by atoms with Crippen LogP contribution in [-0.4, -0.2) is 4.98 Å². The average molecular weight is 269 g/mol. The minimum absolute atomic E-state index is 0.221. The van der Waals surface area contributed by atoms with Gasteiger partial charge in [-0.2, -0.15) is 4.98 Å². The van der Waals surface area contributed by atoms with Gasteiger partial charge in [-0.25, -0.2) is 0 Å². The molecule has 0 spiro atoms. The Hall–Kier alpha value is -1.03. The number of oxazole rings is 1. The first-order valence-corrected chi connectivity index (χ1v) is 5.84. The van der Waals surface area contributed by atoms with Crippen molar-refractivity contribution < 1.29 is 4.42 Å². The molecule has 3 nitrogen and oxygen atoms in total. The normalized spacial score (nSPS) is 11.1. The molecule has 15 heavy (non-hydrogen) atoms. The van der Waals surface area contributed by atoms with Gasteiger partial charge in [-0.15, -0.1) is 0 Å². The first-order valence-electron chi connectivity index (χ1n) is 5.05. The van der Waals surface area contributed by atoms with Crippen molar-refractivity contribution in [1.29, 1.82) is 0 Å². The van der Waals surface area contributed by atoms with Crippen molar-refractivity contribution in [2.75, 3.05) is 5.73 Å². The van der Waals surface area contributed by atoms with Gasteiger partial charge in [-0.05, 0) is 46.5 Å². The van der Waals surface area contributed by atoms with Crippen LogP contribution in [-0.2, 0) is 6.42 Å². The topological polar surface area (TPSA) is 52.0 Å². The number of aryl methyl sites for hydroxylation is 1. The van der Waals surface area contributed by atoms with Gasteiger partial charge in [0.15, 0.2) is 5.58 Å². The number of nitrogens with two attached hydrogens (primary N) is 1. The summed E-state index contributed by atoms with van der Waals surface area (Å²) in [5.41, 5.74) is 8.34. The van der Waals surface area contributed by atoms with Gasteiger partial charge in [0.25, 0.3) is 6.01 Å². The van der Waals surface area contributed by atoms with E-state index in [1.807, 2.05) is 6.07 Å². The van der Waals surface area contributed by atoms with Crippen LogP contribution in [0, 0.1) is 0 Å². The van der Waals surface area contributed by atoms with Crippen molar-refractivity contribution in [3.8, 4) is 0 Å². The summed E-state index contributed by atoms with van der Waals surface area (Å²) in [7, 11) is 0. The predicted molar refractivity (Wildman–Crippen MR) is 64.7 cm³/mol. The number of benzene rings is 1.